The Hall–Kier alpha value is -2.72. The van der Waals surface area contributed by atoms with Crippen LogP contribution in [0.15, 0.2) is 24.4 Å². The number of aliphatic hydroxyl groups is 1. The Bertz CT molecular complexity index is 1040. The van der Waals surface area contributed by atoms with Crippen LogP contribution in [0.2, 0.25) is 24.7 Å². The summed E-state index contributed by atoms with van der Waals surface area (Å²) in [7, 11) is -1.71. The van der Waals surface area contributed by atoms with Crippen LogP contribution in [0.5, 0.6) is 0 Å². The van der Waals surface area contributed by atoms with Crippen molar-refractivity contribution in [2.75, 3.05) is 11.9 Å². The van der Waals surface area contributed by atoms with Crippen molar-refractivity contribution in [3.8, 4) is 0 Å². The van der Waals surface area contributed by atoms with E-state index >= 15 is 0 Å². The van der Waals surface area contributed by atoms with E-state index in [-0.39, 0.29) is 23.6 Å². The molecule has 2 aromatic rings. The molecule has 9 nitrogen and oxygen atoms in total. The lowest BCUT2D eigenvalue weighted by molar-refractivity contribution is -0.121. The molecule has 2 aromatic heterocycles. The normalized spacial score (nSPS) is 19.4. The van der Waals surface area contributed by atoms with Gasteiger partial charge in [0.25, 0.3) is 0 Å². The van der Waals surface area contributed by atoms with E-state index in [1.54, 1.807) is 23.2 Å². The van der Waals surface area contributed by atoms with Gasteiger partial charge in [-0.2, -0.15) is 5.10 Å². The molecule has 2 aliphatic rings. The molecule has 4 N–H and O–H groups in total. The van der Waals surface area contributed by atoms with Crippen molar-refractivity contribution in [1.29, 1.82) is 0 Å². The van der Waals surface area contributed by atoms with Gasteiger partial charge in [0, 0.05) is 16.8 Å². The van der Waals surface area contributed by atoms with Crippen molar-refractivity contribution in [2.45, 2.75) is 75.9 Å². The Morgan fingerprint density at radius 2 is 2.00 bits per heavy atom. The maximum absolute atomic E-state index is 13.3. The number of pyridine rings is 1. The quantitative estimate of drug-likeness (QED) is 0.481. The number of hydrogen-bond acceptors (Lipinski definition) is 5. The zero-order chi connectivity index (χ0) is 24.0. The topological polar surface area (TPSA) is 123 Å². The molecule has 10 heteroatoms. The number of nitrogens with zero attached hydrogens (tertiary/aromatic N) is 3. The largest absolute Gasteiger partial charge is 0.394 e. The summed E-state index contributed by atoms with van der Waals surface area (Å²) in [5.41, 5.74) is 1.57. The molecule has 4 rings (SSSR count). The maximum atomic E-state index is 13.3. The Labute approximate surface area is 195 Å². The number of anilines is 1. The minimum atomic E-state index is -1.71. The molecule has 0 saturated heterocycles. The van der Waals surface area contributed by atoms with Crippen molar-refractivity contribution < 1.29 is 14.7 Å². The second-order valence-corrected chi connectivity index (χ2v) is 16.1. The molecule has 0 spiro atoms. The smallest absolute Gasteiger partial charge is 0.319 e. The minimum Gasteiger partial charge on any atom is -0.394 e. The fourth-order valence-corrected chi connectivity index (χ4v) is 7.64. The average molecular weight is 471 g/mol. The van der Waals surface area contributed by atoms with Crippen molar-refractivity contribution in [3.63, 3.8) is 0 Å². The second kappa shape index (κ2) is 8.25. The molecule has 1 fully saturated rings. The van der Waals surface area contributed by atoms with Gasteiger partial charge < -0.3 is 20.6 Å². The lowest BCUT2D eigenvalue weighted by Crippen LogP contribution is -2.52. The van der Waals surface area contributed by atoms with Crippen molar-refractivity contribution >= 4 is 25.8 Å². The molecule has 1 aliphatic heterocycles. The van der Waals surface area contributed by atoms with Gasteiger partial charge in [0.05, 0.1) is 44.2 Å². The first kappa shape index (κ1) is 23.4. The number of nitrogens with one attached hydrogen (secondary N) is 3. The third-order valence-electron chi connectivity index (χ3n) is 7.55. The molecule has 3 amide bonds. The van der Waals surface area contributed by atoms with Crippen LogP contribution in [0.4, 0.5) is 10.6 Å². The van der Waals surface area contributed by atoms with E-state index in [0.717, 1.165) is 30.5 Å². The van der Waals surface area contributed by atoms with E-state index in [1.807, 2.05) is 19.9 Å². The Kier molecular flexibility index (Phi) is 5.86. The van der Waals surface area contributed by atoms with Crippen LogP contribution in [0.25, 0.3) is 0 Å². The number of rotatable bonds is 6. The molecule has 33 heavy (non-hydrogen) atoms. The molecule has 1 unspecified atom stereocenters. The first-order valence-electron chi connectivity index (χ1n) is 11.5. The second-order valence-electron chi connectivity index (χ2n) is 10.6. The summed E-state index contributed by atoms with van der Waals surface area (Å²) >= 11 is 0. The van der Waals surface area contributed by atoms with Crippen LogP contribution >= 0.6 is 0 Å². The lowest BCUT2D eigenvalue weighted by atomic mass is 9.83. The first-order valence-corrected chi connectivity index (χ1v) is 15.0. The first-order chi connectivity index (χ1) is 15.5. The van der Waals surface area contributed by atoms with Crippen LogP contribution in [0.3, 0.4) is 0 Å². The van der Waals surface area contributed by atoms with Gasteiger partial charge in [-0.05, 0) is 38.8 Å². The number of carbonyl (C=O) groups is 2. The molecule has 0 aromatic carbocycles. The number of aromatic amines is 1. The van der Waals surface area contributed by atoms with Gasteiger partial charge in [0.15, 0.2) is 5.82 Å². The Balaban J connectivity index is 1.52. The third kappa shape index (κ3) is 3.84. The van der Waals surface area contributed by atoms with Gasteiger partial charge >= 0.3 is 6.03 Å². The zero-order valence-electron chi connectivity index (χ0n) is 20.0. The summed E-state index contributed by atoms with van der Waals surface area (Å²) in [6.07, 6.45) is 4.57. The van der Waals surface area contributed by atoms with Crippen LogP contribution in [0, 0.1) is 0 Å². The van der Waals surface area contributed by atoms with Gasteiger partial charge in [-0.1, -0.05) is 32.1 Å². The highest BCUT2D eigenvalue weighted by Gasteiger charge is 2.54. The third-order valence-corrected chi connectivity index (χ3v) is 11.1. The van der Waals surface area contributed by atoms with E-state index in [1.165, 1.54) is 0 Å². The number of carbonyl (C=O) groups excluding carboxylic acids is 2. The number of aliphatic hydroxyl groups excluding tert-OH is 1. The highest BCUT2D eigenvalue weighted by atomic mass is 28.3. The number of hydrogen-bond donors (Lipinski definition) is 4. The number of amides is 3. The van der Waals surface area contributed by atoms with Crippen molar-refractivity contribution in [2.24, 2.45) is 0 Å². The fourth-order valence-electron chi connectivity index (χ4n) is 5.04. The van der Waals surface area contributed by atoms with E-state index in [0.29, 0.717) is 18.1 Å². The number of H-pyrrole nitrogens is 1. The predicted octanol–water partition coefficient (Wildman–Crippen LogP) is 3.50. The summed E-state index contributed by atoms with van der Waals surface area (Å²) in [4.78, 5) is 32.5. The van der Waals surface area contributed by atoms with Gasteiger partial charge in [-0.25, -0.2) is 4.79 Å². The van der Waals surface area contributed by atoms with Gasteiger partial charge in [0.1, 0.15) is 0 Å². The van der Waals surface area contributed by atoms with Crippen LogP contribution < -0.4 is 10.6 Å². The highest BCUT2D eigenvalue weighted by Crippen LogP contribution is 2.56. The zero-order valence-corrected chi connectivity index (χ0v) is 21.0. The number of fused-ring (bicyclic) bond motifs is 1. The standard InChI is InChI=1S/C23H34N6O3Si/c1-22(2)18-15(13-29(22)21(32)25-17(14-30)16-9-6-7-12-24-16)19(28-27-18)26-20(31)23(10-8-11-23)33(3,4)5/h6-7,9,12,17,30H,8,10-11,13-14H2,1-5H3,(H,25,32)(H2,26,27,28,31). The molecule has 1 saturated carbocycles. The molecule has 0 radical (unpaired) electrons. The van der Waals surface area contributed by atoms with Gasteiger partial charge in [-0.3, -0.25) is 14.9 Å². The Morgan fingerprint density at radius 3 is 2.55 bits per heavy atom. The van der Waals surface area contributed by atoms with Crippen molar-refractivity contribution in [3.05, 3.63) is 41.3 Å². The monoisotopic (exact) mass is 470 g/mol. The van der Waals surface area contributed by atoms with E-state index < -0.39 is 19.7 Å². The summed E-state index contributed by atoms with van der Waals surface area (Å²) < 4.78 is 0. The van der Waals surface area contributed by atoms with Crippen LogP contribution in [-0.2, 0) is 16.9 Å². The molecule has 178 valence electrons. The molecular weight excluding hydrogens is 436 g/mol. The van der Waals surface area contributed by atoms with Crippen LogP contribution in [0.1, 0.15) is 56.1 Å². The molecule has 1 atom stereocenters. The van der Waals surface area contributed by atoms with E-state index in [9.17, 15) is 14.7 Å². The van der Waals surface area contributed by atoms with Gasteiger partial charge in [0.2, 0.25) is 5.91 Å². The van der Waals surface area contributed by atoms with E-state index in [2.05, 4.69) is 45.5 Å². The minimum absolute atomic E-state index is 0.0541. The predicted molar refractivity (Wildman–Crippen MR) is 128 cm³/mol. The average Bonchev–Trinajstić information content (AvgIpc) is 3.23. The summed E-state index contributed by atoms with van der Waals surface area (Å²) in [6.45, 7) is 10.7. The Morgan fingerprint density at radius 1 is 1.27 bits per heavy atom. The van der Waals surface area contributed by atoms with Gasteiger partial charge in [-0.15, -0.1) is 0 Å². The van der Waals surface area contributed by atoms with Crippen LogP contribution in [-0.4, -0.2) is 51.8 Å². The highest BCUT2D eigenvalue weighted by molar-refractivity contribution is 6.83. The maximum Gasteiger partial charge on any atom is 0.319 e. The molecular formula is C23H34N6O3Si. The SMILES string of the molecule is CC1(C)c2[nH]nc(NC(=O)C3([Si](C)(C)C)CCC3)c2CN1C(=O)NC(CO)c1ccccn1. The molecule has 3 heterocycles. The number of aromatic nitrogens is 3. The van der Waals surface area contributed by atoms with Crippen molar-refractivity contribution in [1.82, 2.24) is 25.4 Å². The molecule has 1 aliphatic carbocycles. The number of urea groups is 1. The fraction of sp³-hybridized carbons (Fsp3) is 0.565. The lowest BCUT2D eigenvalue weighted by Gasteiger charge is -2.48. The molecule has 0 bridgehead atoms. The van der Waals surface area contributed by atoms with E-state index in [4.69, 9.17) is 0 Å². The summed E-state index contributed by atoms with van der Waals surface area (Å²) in [5.74, 6) is 0.560. The summed E-state index contributed by atoms with van der Waals surface area (Å²) in [5, 5.41) is 23.0. The summed E-state index contributed by atoms with van der Waals surface area (Å²) in [6, 6.07) is 4.45.